The van der Waals surface area contributed by atoms with E-state index in [2.05, 4.69) is 6.58 Å². The first-order valence-corrected chi connectivity index (χ1v) is 12.2. The predicted octanol–water partition coefficient (Wildman–Crippen LogP) is 3.42. The van der Waals surface area contributed by atoms with Gasteiger partial charge >= 0.3 is 5.97 Å². The number of ether oxygens (including phenoxy) is 5. The number of hydrogen-bond donors (Lipinski definition) is 1. The Morgan fingerprint density at radius 3 is 2.61 bits per heavy atom. The van der Waals surface area contributed by atoms with Crippen LogP contribution in [0.3, 0.4) is 0 Å². The van der Waals surface area contributed by atoms with E-state index in [-0.39, 0.29) is 43.3 Å². The number of aliphatic hydroxyl groups excluding tert-OH is 1. The zero-order chi connectivity index (χ0) is 25.9. The van der Waals surface area contributed by atoms with Crippen LogP contribution in [0.15, 0.2) is 55.0 Å². The molecule has 2 aromatic rings. The summed E-state index contributed by atoms with van der Waals surface area (Å²) in [5.41, 5.74) is 1.68. The molecule has 196 valence electrons. The summed E-state index contributed by atoms with van der Waals surface area (Å²) in [4.78, 5) is 25.1. The number of esters is 1. The van der Waals surface area contributed by atoms with Gasteiger partial charge in [-0.3, -0.25) is 9.36 Å². The van der Waals surface area contributed by atoms with Crippen LogP contribution in [-0.2, 0) is 28.5 Å². The lowest BCUT2D eigenvalue weighted by Crippen LogP contribution is -2.37. The molecule has 1 aliphatic rings. The van der Waals surface area contributed by atoms with Crippen LogP contribution in [0.2, 0.25) is 0 Å². The van der Waals surface area contributed by atoms with Crippen LogP contribution in [0.4, 0.5) is 0 Å². The Morgan fingerprint density at radius 1 is 1.17 bits per heavy atom. The summed E-state index contributed by atoms with van der Waals surface area (Å²) in [6, 6.07) is 7.66. The molecule has 0 unspecified atom stereocenters. The van der Waals surface area contributed by atoms with Crippen LogP contribution in [0, 0.1) is 5.92 Å². The van der Waals surface area contributed by atoms with Crippen molar-refractivity contribution in [3.8, 4) is 0 Å². The highest BCUT2D eigenvalue weighted by Gasteiger charge is 2.39. The fourth-order valence-corrected chi connectivity index (χ4v) is 4.33. The molecule has 0 radical (unpaired) electrons. The van der Waals surface area contributed by atoms with Gasteiger partial charge in [-0.25, -0.2) is 4.79 Å². The van der Waals surface area contributed by atoms with Gasteiger partial charge in [0.2, 0.25) is 18.0 Å². The maximum Gasteiger partial charge on any atom is 0.373 e. The highest BCUT2D eigenvalue weighted by Crippen LogP contribution is 2.42. The molecule has 0 saturated carbocycles. The number of carbonyl (C=O) groups excluding carboxylic acids is 2. The van der Waals surface area contributed by atoms with Gasteiger partial charge in [0, 0.05) is 43.6 Å². The molecule has 9 nitrogen and oxygen atoms in total. The lowest BCUT2D eigenvalue weighted by atomic mass is 9.81. The number of benzene rings is 1. The van der Waals surface area contributed by atoms with E-state index in [0.29, 0.717) is 32.8 Å². The van der Waals surface area contributed by atoms with Crippen LogP contribution in [-0.4, -0.2) is 74.1 Å². The van der Waals surface area contributed by atoms with Gasteiger partial charge in [-0.1, -0.05) is 30.9 Å². The SMILES string of the molecule is C=CCOC(=O)C1=C[C@H](c2cn(C(C)=O)c3ccccc23)[C@H](CCOCCOCCO)[C@H](OCC)O1. The molecule has 0 spiro atoms. The van der Waals surface area contributed by atoms with Gasteiger partial charge in [0.15, 0.2) is 0 Å². The van der Waals surface area contributed by atoms with Crippen molar-refractivity contribution < 1.29 is 38.4 Å². The van der Waals surface area contributed by atoms with Gasteiger partial charge in [-0.05, 0) is 31.1 Å². The maximum absolute atomic E-state index is 12.7. The van der Waals surface area contributed by atoms with Gasteiger partial charge in [0.25, 0.3) is 0 Å². The van der Waals surface area contributed by atoms with E-state index < -0.39 is 12.3 Å². The second kappa shape index (κ2) is 13.9. The smallest absolute Gasteiger partial charge is 0.373 e. The van der Waals surface area contributed by atoms with Gasteiger partial charge in [0.1, 0.15) is 6.61 Å². The first kappa shape index (κ1) is 27.6. The van der Waals surface area contributed by atoms with Crippen LogP contribution in [0.1, 0.15) is 36.5 Å². The molecule has 0 amide bonds. The molecule has 3 atom stereocenters. The number of aromatic nitrogens is 1. The van der Waals surface area contributed by atoms with E-state index in [4.69, 9.17) is 28.8 Å². The number of allylic oxidation sites excluding steroid dienone is 1. The van der Waals surface area contributed by atoms with Crippen LogP contribution in [0.25, 0.3) is 10.9 Å². The average Bonchev–Trinajstić information content (AvgIpc) is 3.27. The predicted molar refractivity (Wildman–Crippen MR) is 134 cm³/mol. The number of nitrogens with zero attached hydrogens (tertiary/aromatic N) is 1. The second-order valence-electron chi connectivity index (χ2n) is 8.28. The molecular formula is C27H35NO8. The molecule has 36 heavy (non-hydrogen) atoms. The summed E-state index contributed by atoms with van der Waals surface area (Å²) in [5.74, 6) is -1.15. The summed E-state index contributed by atoms with van der Waals surface area (Å²) in [7, 11) is 0. The minimum absolute atomic E-state index is 0.0328. The number of rotatable bonds is 14. The molecule has 1 aliphatic heterocycles. The lowest BCUT2D eigenvalue weighted by molar-refractivity contribution is -0.176. The molecule has 0 bridgehead atoms. The minimum Gasteiger partial charge on any atom is -0.457 e. The highest BCUT2D eigenvalue weighted by molar-refractivity contribution is 5.94. The Hall–Kier alpha value is -2.98. The summed E-state index contributed by atoms with van der Waals surface area (Å²) in [5, 5.41) is 9.73. The first-order valence-electron chi connectivity index (χ1n) is 12.2. The fraction of sp³-hybridized carbons (Fsp3) is 0.481. The lowest BCUT2D eigenvalue weighted by Gasteiger charge is -2.36. The van der Waals surface area contributed by atoms with Gasteiger partial charge in [0.05, 0.1) is 31.9 Å². The van der Waals surface area contributed by atoms with Crippen molar-refractivity contribution in [3.05, 3.63) is 60.5 Å². The van der Waals surface area contributed by atoms with E-state index >= 15 is 0 Å². The Kier molecular flexibility index (Phi) is 10.7. The van der Waals surface area contributed by atoms with E-state index in [0.717, 1.165) is 16.5 Å². The molecular weight excluding hydrogens is 466 g/mol. The highest BCUT2D eigenvalue weighted by atomic mass is 16.7. The van der Waals surface area contributed by atoms with Crippen LogP contribution < -0.4 is 0 Å². The Labute approximate surface area is 211 Å². The number of fused-ring (bicyclic) bond motifs is 1. The van der Waals surface area contributed by atoms with Gasteiger partial charge in [-0.2, -0.15) is 0 Å². The van der Waals surface area contributed by atoms with Crippen molar-refractivity contribution in [3.63, 3.8) is 0 Å². The van der Waals surface area contributed by atoms with Crippen LogP contribution in [0.5, 0.6) is 0 Å². The molecule has 0 saturated heterocycles. The average molecular weight is 502 g/mol. The van der Waals surface area contributed by atoms with Crippen molar-refractivity contribution in [1.29, 1.82) is 0 Å². The number of carbonyl (C=O) groups is 2. The van der Waals surface area contributed by atoms with E-state index in [1.54, 1.807) is 10.6 Å². The van der Waals surface area contributed by atoms with E-state index in [9.17, 15) is 9.59 Å². The van der Waals surface area contributed by atoms with Gasteiger partial charge in [-0.15, -0.1) is 0 Å². The fourth-order valence-electron chi connectivity index (χ4n) is 4.33. The third-order valence-corrected chi connectivity index (χ3v) is 5.89. The molecule has 2 heterocycles. The third-order valence-electron chi connectivity index (χ3n) is 5.89. The van der Waals surface area contributed by atoms with Crippen molar-refractivity contribution in [2.75, 3.05) is 46.2 Å². The quantitative estimate of drug-likeness (QED) is 0.239. The zero-order valence-corrected chi connectivity index (χ0v) is 20.9. The Balaban J connectivity index is 1.95. The summed E-state index contributed by atoms with van der Waals surface area (Å²) in [6.07, 6.45) is 4.92. The van der Waals surface area contributed by atoms with E-state index in [1.165, 1.54) is 13.0 Å². The van der Waals surface area contributed by atoms with E-state index in [1.807, 2.05) is 37.4 Å². The topological polar surface area (TPSA) is 105 Å². The number of aliphatic hydroxyl groups is 1. The summed E-state index contributed by atoms with van der Waals surface area (Å²) in [6.45, 7) is 8.81. The monoisotopic (exact) mass is 501 g/mol. The normalized spacial score (nSPS) is 19.5. The number of hydrogen-bond acceptors (Lipinski definition) is 8. The van der Waals surface area contributed by atoms with Gasteiger partial charge < -0.3 is 28.8 Å². The second-order valence-corrected chi connectivity index (χ2v) is 8.28. The molecule has 1 aromatic heterocycles. The third kappa shape index (κ3) is 6.82. The summed E-state index contributed by atoms with van der Waals surface area (Å²) >= 11 is 0. The Bertz CT molecular complexity index is 1060. The molecule has 1 N–H and O–H groups in total. The molecule has 1 aromatic carbocycles. The summed E-state index contributed by atoms with van der Waals surface area (Å²) < 4.78 is 29.8. The van der Waals surface area contributed by atoms with Crippen molar-refractivity contribution in [1.82, 2.24) is 4.57 Å². The zero-order valence-electron chi connectivity index (χ0n) is 20.9. The molecule has 9 heteroatoms. The maximum atomic E-state index is 12.7. The molecule has 3 rings (SSSR count). The Morgan fingerprint density at radius 2 is 1.92 bits per heavy atom. The van der Waals surface area contributed by atoms with Crippen molar-refractivity contribution >= 4 is 22.8 Å². The standard InChI is InChI=1S/C27H35NO8/c1-4-12-35-26(31)25-17-22(23-18-28(19(3)30)24-9-7-6-8-20(23)24)21(27(36-25)34-5-2)10-13-32-15-16-33-14-11-29/h4,6-9,17-18,21-22,27,29H,1,5,10-16H2,2-3H3/t21-,22-,27+/m0/s1. The molecule has 0 aliphatic carbocycles. The minimum atomic E-state index is -0.718. The number of para-hydroxylation sites is 1. The largest absolute Gasteiger partial charge is 0.457 e. The molecule has 0 fully saturated rings. The first-order chi connectivity index (χ1) is 17.5. The van der Waals surface area contributed by atoms with Crippen LogP contribution >= 0.6 is 0 Å². The van der Waals surface area contributed by atoms with Crippen molar-refractivity contribution in [2.24, 2.45) is 5.92 Å². The van der Waals surface area contributed by atoms with Crippen molar-refractivity contribution in [2.45, 2.75) is 32.5 Å².